The summed E-state index contributed by atoms with van der Waals surface area (Å²) in [6.07, 6.45) is 16.9. The van der Waals surface area contributed by atoms with Crippen LogP contribution >= 0.6 is 11.8 Å². The van der Waals surface area contributed by atoms with Crippen LogP contribution in [-0.4, -0.2) is 27.4 Å². The van der Waals surface area contributed by atoms with Crippen molar-refractivity contribution >= 4 is 29.1 Å². The number of rotatable bonds is 14. The van der Waals surface area contributed by atoms with E-state index >= 15 is 0 Å². The normalized spacial score (nSPS) is 13.9. The topological polar surface area (TPSA) is 67.3 Å². The van der Waals surface area contributed by atoms with E-state index < -0.39 is 11.6 Å². The summed E-state index contributed by atoms with van der Waals surface area (Å²) in [5.74, 6) is -0.595. The molecule has 0 amide bonds. The number of hydrogen-bond acceptors (Lipinski definition) is 5. The van der Waals surface area contributed by atoms with Crippen molar-refractivity contribution in [3.8, 4) is 0 Å². The highest BCUT2D eigenvalue weighted by Crippen LogP contribution is 2.33. The van der Waals surface area contributed by atoms with Crippen molar-refractivity contribution in [3.63, 3.8) is 0 Å². The van der Waals surface area contributed by atoms with Crippen LogP contribution in [0.3, 0.4) is 0 Å². The van der Waals surface area contributed by atoms with Crippen LogP contribution in [0.25, 0.3) is 5.76 Å². The fourth-order valence-corrected chi connectivity index (χ4v) is 4.48. The van der Waals surface area contributed by atoms with Gasteiger partial charge in [0.15, 0.2) is 5.76 Å². The summed E-state index contributed by atoms with van der Waals surface area (Å²) in [7, 11) is 0. The number of aromatic nitrogens is 1. The first-order chi connectivity index (χ1) is 13.7. The summed E-state index contributed by atoms with van der Waals surface area (Å²) >= 11 is 1.28. The molecule has 0 saturated heterocycles. The van der Waals surface area contributed by atoms with Crippen molar-refractivity contribution in [2.45, 2.75) is 84.0 Å². The largest absolute Gasteiger partial charge is 0.504 e. The predicted molar refractivity (Wildman–Crippen MR) is 117 cm³/mol. The average molecular weight is 404 g/mol. The standard InChI is InChI=1S/C23H33NO3S/c1-2-3-4-5-6-7-8-9-10-11-12-13-17-28-23-21(26)19-18(15-14-16-24-19)20(25)22(23)27/h14-16,26H,2-13,17H2,1H3. The van der Waals surface area contributed by atoms with Crippen LogP contribution < -0.4 is 0 Å². The summed E-state index contributed by atoms with van der Waals surface area (Å²) in [5, 5.41) is 10.3. The number of aliphatic hydroxyl groups is 1. The van der Waals surface area contributed by atoms with Crippen molar-refractivity contribution < 1.29 is 14.7 Å². The van der Waals surface area contributed by atoms with Gasteiger partial charge in [0.05, 0.1) is 5.56 Å². The number of carbonyl (C=O) groups excluding carboxylic acids is 2. The highest BCUT2D eigenvalue weighted by molar-refractivity contribution is 8.04. The fraction of sp³-hybridized carbons (Fsp3) is 0.609. The quantitative estimate of drug-likeness (QED) is 0.283. The van der Waals surface area contributed by atoms with Gasteiger partial charge in [-0.15, -0.1) is 11.8 Å². The van der Waals surface area contributed by atoms with E-state index in [9.17, 15) is 14.7 Å². The number of nitrogens with zero attached hydrogens (tertiary/aromatic N) is 1. The minimum Gasteiger partial charge on any atom is -0.504 e. The fourth-order valence-electron chi connectivity index (χ4n) is 3.47. The molecule has 1 aliphatic rings. The first-order valence-electron chi connectivity index (χ1n) is 10.8. The highest BCUT2D eigenvalue weighted by Gasteiger charge is 2.33. The third-order valence-corrected chi connectivity index (χ3v) is 6.31. The second-order valence-electron chi connectivity index (χ2n) is 7.47. The van der Waals surface area contributed by atoms with Crippen LogP contribution in [0.2, 0.25) is 0 Å². The summed E-state index contributed by atoms with van der Waals surface area (Å²) in [6, 6.07) is 3.13. The number of aliphatic hydroxyl groups excluding tert-OH is 1. The van der Waals surface area contributed by atoms with Crippen molar-refractivity contribution in [1.29, 1.82) is 0 Å². The molecule has 0 fully saturated rings. The highest BCUT2D eigenvalue weighted by atomic mass is 32.2. The molecule has 0 aliphatic heterocycles. The Morgan fingerprint density at radius 2 is 1.43 bits per heavy atom. The Morgan fingerprint density at radius 3 is 2.04 bits per heavy atom. The van der Waals surface area contributed by atoms with Gasteiger partial charge in [-0.2, -0.15) is 0 Å². The molecule has 28 heavy (non-hydrogen) atoms. The van der Waals surface area contributed by atoms with Gasteiger partial charge in [0.25, 0.3) is 0 Å². The Hall–Kier alpha value is -1.62. The molecule has 1 heterocycles. The van der Waals surface area contributed by atoms with Gasteiger partial charge in [-0.05, 0) is 24.3 Å². The third kappa shape index (κ3) is 6.77. The molecule has 1 aliphatic carbocycles. The van der Waals surface area contributed by atoms with Crippen LogP contribution in [0.1, 0.15) is 100 Å². The number of thioether (sulfide) groups is 1. The molecule has 1 aromatic heterocycles. The van der Waals surface area contributed by atoms with Gasteiger partial charge in [-0.3, -0.25) is 14.6 Å². The van der Waals surface area contributed by atoms with Crippen molar-refractivity contribution in [1.82, 2.24) is 4.98 Å². The van der Waals surface area contributed by atoms with E-state index in [0.717, 1.165) is 18.6 Å². The summed E-state index contributed by atoms with van der Waals surface area (Å²) < 4.78 is 0. The van der Waals surface area contributed by atoms with Crippen molar-refractivity contribution in [2.24, 2.45) is 0 Å². The lowest BCUT2D eigenvalue weighted by Crippen LogP contribution is -2.23. The maximum Gasteiger partial charge on any atom is 0.243 e. The smallest absolute Gasteiger partial charge is 0.243 e. The molecule has 0 saturated carbocycles. The Balaban J connectivity index is 1.59. The molecular weight excluding hydrogens is 370 g/mol. The van der Waals surface area contributed by atoms with E-state index in [4.69, 9.17) is 0 Å². The molecule has 0 unspecified atom stereocenters. The van der Waals surface area contributed by atoms with Gasteiger partial charge in [0, 0.05) is 6.20 Å². The van der Waals surface area contributed by atoms with E-state index in [2.05, 4.69) is 11.9 Å². The molecule has 1 N–H and O–H groups in total. The molecule has 0 aromatic carbocycles. The number of unbranched alkanes of at least 4 members (excludes halogenated alkanes) is 11. The van der Waals surface area contributed by atoms with Crippen LogP contribution in [0.4, 0.5) is 0 Å². The van der Waals surface area contributed by atoms with Gasteiger partial charge < -0.3 is 5.11 Å². The molecule has 154 valence electrons. The molecule has 1 aromatic rings. The molecular formula is C23H33NO3S. The minimum absolute atomic E-state index is 0.149. The van der Waals surface area contributed by atoms with E-state index in [-0.39, 0.29) is 21.9 Å². The van der Waals surface area contributed by atoms with Gasteiger partial charge in [-0.1, -0.05) is 77.6 Å². The lowest BCUT2D eigenvalue weighted by molar-refractivity contribution is -0.111. The second-order valence-corrected chi connectivity index (χ2v) is 8.58. The Kier molecular flexibility index (Phi) is 10.3. The van der Waals surface area contributed by atoms with E-state index in [0.29, 0.717) is 0 Å². The lowest BCUT2D eigenvalue weighted by atomic mass is 9.98. The first-order valence-corrected chi connectivity index (χ1v) is 11.8. The first kappa shape index (κ1) is 22.7. The summed E-state index contributed by atoms with van der Waals surface area (Å²) in [5.41, 5.74) is 0.420. The van der Waals surface area contributed by atoms with Gasteiger partial charge in [0.1, 0.15) is 10.6 Å². The zero-order valence-corrected chi connectivity index (χ0v) is 17.9. The Bertz CT molecular complexity index is 684. The molecule has 5 heteroatoms. The lowest BCUT2D eigenvalue weighted by Gasteiger charge is -2.16. The molecule has 0 atom stereocenters. The van der Waals surface area contributed by atoms with Crippen molar-refractivity contribution in [3.05, 3.63) is 34.5 Å². The number of ketones is 2. The molecule has 0 bridgehead atoms. The summed E-state index contributed by atoms with van der Waals surface area (Å²) in [4.78, 5) is 28.6. The SMILES string of the molecule is CCCCCCCCCCCCCCSC1=C(O)c2ncccc2C(=O)C1=O. The molecule has 0 spiro atoms. The molecule has 4 nitrogen and oxygen atoms in total. The number of carbonyl (C=O) groups is 2. The van der Waals surface area contributed by atoms with Gasteiger partial charge in [-0.25, -0.2) is 0 Å². The van der Waals surface area contributed by atoms with Crippen molar-refractivity contribution in [2.75, 3.05) is 5.75 Å². The number of Topliss-reactive ketones (excluding diaryl/α,β-unsaturated/α-hetero) is 2. The zero-order valence-electron chi connectivity index (χ0n) is 17.0. The maximum absolute atomic E-state index is 12.2. The third-order valence-electron chi connectivity index (χ3n) is 5.15. The minimum atomic E-state index is -0.609. The van der Waals surface area contributed by atoms with Gasteiger partial charge >= 0.3 is 0 Å². The Labute approximate surface area is 173 Å². The Morgan fingerprint density at radius 1 is 0.857 bits per heavy atom. The van der Waals surface area contributed by atoms with E-state index in [1.165, 1.54) is 88.2 Å². The second kappa shape index (κ2) is 12.8. The summed E-state index contributed by atoms with van der Waals surface area (Å²) in [6.45, 7) is 2.25. The number of allylic oxidation sites excluding steroid dienone is 1. The molecule has 0 radical (unpaired) electrons. The number of hydrogen-bond donors (Lipinski definition) is 1. The zero-order chi connectivity index (χ0) is 20.2. The van der Waals surface area contributed by atoms with Gasteiger partial charge in [0.2, 0.25) is 11.6 Å². The van der Waals surface area contributed by atoms with E-state index in [1.54, 1.807) is 6.07 Å². The monoisotopic (exact) mass is 403 g/mol. The van der Waals surface area contributed by atoms with Crippen LogP contribution in [0.5, 0.6) is 0 Å². The van der Waals surface area contributed by atoms with E-state index in [1.807, 2.05) is 0 Å². The maximum atomic E-state index is 12.2. The average Bonchev–Trinajstić information content (AvgIpc) is 2.72. The number of pyridine rings is 1. The molecule has 2 rings (SSSR count). The van der Waals surface area contributed by atoms with Crippen LogP contribution in [0, 0.1) is 0 Å². The van der Waals surface area contributed by atoms with Crippen LogP contribution in [-0.2, 0) is 4.79 Å². The van der Waals surface area contributed by atoms with Crippen LogP contribution in [0.15, 0.2) is 23.2 Å². The number of fused-ring (bicyclic) bond motifs is 1. The predicted octanol–water partition coefficient (Wildman–Crippen LogP) is 6.51.